The van der Waals surface area contributed by atoms with Crippen LogP contribution in [0.2, 0.25) is 0 Å². The number of aryl methyl sites for hydroxylation is 1. The molecule has 0 saturated carbocycles. The van der Waals surface area contributed by atoms with Crippen molar-refractivity contribution in [2.45, 2.75) is 39.3 Å². The molecule has 3 N–H and O–H groups in total. The highest BCUT2D eigenvalue weighted by Gasteiger charge is 2.40. The number of urea groups is 1. The van der Waals surface area contributed by atoms with Crippen LogP contribution in [0.1, 0.15) is 47.8 Å². The molecule has 3 aromatic rings. The van der Waals surface area contributed by atoms with E-state index in [0.717, 1.165) is 22.3 Å². The number of hydrogen-bond acceptors (Lipinski definition) is 3. The third kappa shape index (κ3) is 4.50. The molecule has 0 saturated heterocycles. The highest BCUT2D eigenvalue weighted by Crippen LogP contribution is 2.38. The van der Waals surface area contributed by atoms with E-state index in [4.69, 9.17) is 0 Å². The zero-order valence-corrected chi connectivity index (χ0v) is 19.3. The van der Waals surface area contributed by atoms with E-state index in [2.05, 4.69) is 10.6 Å². The Kier molecular flexibility index (Phi) is 6.36. The van der Waals surface area contributed by atoms with Gasteiger partial charge in [-0.25, -0.2) is 9.59 Å². The molecular weight excluding hydrogens is 430 g/mol. The quantitative estimate of drug-likeness (QED) is 0.443. The number of amides is 3. The number of anilines is 2. The monoisotopic (exact) mass is 457 g/mol. The number of hydrogen-bond donors (Lipinski definition) is 3. The van der Waals surface area contributed by atoms with E-state index >= 15 is 0 Å². The molecule has 0 fully saturated rings. The van der Waals surface area contributed by atoms with Crippen molar-refractivity contribution < 1.29 is 19.5 Å². The minimum atomic E-state index is -0.995. The number of nitrogens with one attached hydrogen (secondary N) is 2. The highest BCUT2D eigenvalue weighted by molar-refractivity contribution is 6.02. The van der Waals surface area contributed by atoms with Crippen LogP contribution >= 0.6 is 0 Å². The van der Waals surface area contributed by atoms with Gasteiger partial charge in [-0.3, -0.25) is 4.79 Å². The Morgan fingerprint density at radius 3 is 2.29 bits per heavy atom. The zero-order valence-electron chi connectivity index (χ0n) is 19.3. The first-order valence-corrected chi connectivity index (χ1v) is 11.2. The van der Waals surface area contributed by atoms with Crippen LogP contribution in [0.15, 0.2) is 66.7 Å². The van der Waals surface area contributed by atoms with Gasteiger partial charge in [-0.1, -0.05) is 43.3 Å². The lowest BCUT2D eigenvalue weighted by molar-refractivity contribution is -0.143. The van der Waals surface area contributed by atoms with Crippen molar-refractivity contribution >= 4 is 29.3 Å². The molecule has 7 nitrogen and oxygen atoms in total. The van der Waals surface area contributed by atoms with Crippen molar-refractivity contribution in [1.82, 2.24) is 4.90 Å². The van der Waals surface area contributed by atoms with Crippen LogP contribution in [-0.2, 0) is 4.79 Å². The molecule has 0 spiro atoms. The van der Waals surface area contributed by atoms with Crippen LogP contribution in [-0.4, -0.2) is 34.0 Å². The van der Waals surface area contributed by atoms with Crippen molar-refractivity contribution in [3.05, 3.63) is 83.4 Å². The third-order valence-corrected chi connectivity index (χ3v) is 6.15. The Balaban J connectivity index is 1.49. The van der Waals surface area contributed by atoms with E-state index in [9.17, 15) is 19.5 Å². The highest BCUT2D eigenvalue weighted by atomic mass is 16.4. The van der Waals surface area contributed by atoms with Crippen LogP contribution in [0.5, 0.6) is 0 Å². The predicted octanol–water partition coefficient (Wildman–Crippen LogP) is 5.69. The largest absolute Gasteiger partial charge is 0.480 e. The maximum absolute atomic E-state index is 13.1. The standard InChI is InChI=1S/C27H27N3O4/c1-4-24(26(32)33)30-17(3)22-13-10-19(15-23(22)25(30)31)18-8-11-20(12-9-18)28-27(34)29-21-7-5-6-16(2)14-21/h5-15,17,24H,4H2,1-3H3,(H,32,33)(H2,28,29,34). The van der Waals surface area contributed by atoms with Crippen molar-refractivity contribution in [2.75, 3.05) is 10.6 Å². The van der Waals surface area contributed by atoms with Crippen molar-refractivity contribution in [1.29, 1.82) is 0 Å². The van der Waals surface area contributed by atoms with Crippen molar-refractivity contribution in [3.8, 4) is 11.1 Å². The van der Waals surface area contributed by atoms with Crippen molar-refractivity contribution in [3.63, 3.8) is 0 Å². The summed E-state index contributed by atoms with van der Waals surface area (Å²) in [6.07, 6.45) is 0.345. The number of carboxylic acids is 1. The molecule has 4 rings (SSSR count). The minimum Gasteiger partial charge on any atom is -0.480 e. The van der Waals surface area contributed by atoms with Crippen LogP contribution in [0.4, 0.5) is 16.2 Å². The van der Waals surface area contributed by atoms with Gasteiger partial charge in [-0.2, -0.15) is 0 Å². The van der Waals surface area contributed by atoms with Crippen LogP contribution < -0.4 is 10.6 Å². The molecule has 174 valence electrons. The fraction of sp³-hybridized carbons (Fsp3) is 0.222. The molecule has 0 aliphatic carbocycles. The lowest BCUT2D eigenvalue weighted by Gasteiger charge is -2.28. The third-order valence-electron chi connectivity index (χ3n) is 6.15. The fourth-order valence-electron chi connectivity index (χ4n) is 4.41. The second-order valence-corrected chi connectivity index (χ2v) is 8.48. The molecule has 2 unspecified atom stereocenters. The molecule has 7 heteroatoms. The second kappa shape index (κ2) is 9.39. The molecule has 2 atom stereocenters. The summed E-state index contributed by atoms with van der Waals surface area (Å²) in [5, 5.41) is 15.2. The summed E-state index contributed by atoms with van der Waals surface area (Å²) < 4.78 is 0. The predicted molar refractivity (Wildman–Crippen MR) is 132 cm³/mol. The van der Waals surface area contributed by atoms with Gasteiger partial charge in [0.2, 0.25) is 0 Å². The van der Waals surface area contributed by atoms with Gasteiger partial charge in [-0.05, 0) is 72.9 Å². The molecule has 3 amide bonds. The van der Waals surface area contributed by atoms with E-state index in [1.165, 1.54) is 4.90 Å². The molecule has 1 heterocycles. The lowest BCUT2D eigenvalue weighted by Crippen LogP contribution is -2.42. The number of benzene rings is 3. The smallest absolute Gasteiger partial charge is 0.326 e. The number of carbonyl (C=O) groups excluding carboxylic acids is 2. The molecule has 0 bridgehead atoms. The summed E-state index contributed by atoms with van der Waals surface area (Å²) in [5.41, 5.74) is 5.51. The van der Waals surface area contributed by atoms with Crippen LogP contribution in [0.25, 0.3) is 11.1 Å². The Morgan fingerprint density at radius 2 is 1.65 bits per heavy atom. The number of nitrogens with zero attached hydrogens (tertiary/aromatic N) is 1. The first kappa shape index (κ1) is 23.0. The average molecular weight is 458 g/mol. The Labute approximate surface area is 198 Å². The van der Waals surface area contributed by atoms with Gasteiger partial charge < -0.3 is 20.6 Å². The zero-order chi connectivity index (χ0) is 24.4. The van der Waals surface area contributed by atoms with E-state index in [-0.39, 0.29) is 18.0 Å². The maximum Gasteiger partial charge on any atom is 0.326 e. The normalized spacial score (nSPS) is 15.6. The number of carboxylic acid groups (broad SMARTS) is 1. The van der Waals surface area contributed by atoms with E-state index in [1.54, 1.807) is 19.1 Å². The summed E-state index contributed by atoms with van der Waals surface area (Å²) in [4.78, 5) is 38.4. The number of aliphatic carboxylic acids is 1. The van der Waals surface area contributed by atoms with Gasteiger partial charge in [0.25, 0.3) is 5.91 Å². The Hall–Kier alpha value is -4.13. The minimum absolute atomic E-state index is 0.260. The maximum atomic E-state index is 13.1. The van der Waals surface area contributed by atoms with E-state index in [1.807, 2.05) is 68.4 Å². The summed E-state index contributed by atoms with van der Waals surface area (Å²) >= 11 is 0. The fourth-order valence-corrected chi connectivity index (χ4v) is 4.41. The number of rotatable bonds is 6. The first-order valence-electron chi connectivity index (χ1n) is 11.2. The van der Waals surface area contributed by atoms with E-state index in [0.29, 0.717) is 23.4 Å². The first-order chi connectivity index (χ1) is 16.3. The van der Waals surface area contributed by atoms with Gasteiger partial charge in [0.15, 0.2) is 0 Å². The SMILES string of the molecule is CCC(C(=O)O)N1C(=O)c2cc(-c3ccc(NC(=O)Nc4cccc(C)c4)cc3)ccc2C1C. The summed E-state index contributed by atoms with van der Waals surface area (Å²) in [7, 11) is 0. The molecule has 34 heavy (non-hydrogen) atoms. The average Bonchev–Trinajstić information content (AvgIpc) is 3.04. The molecule has 3 aromatic carbocycles. The van der Waals surface area contributed by atoms with Gasteiger partial charge in [0.05, 0.1) is 6.04 Å². The summed E-state index contributed by atoms with van der Waals surface area (Å²) in [6.45, 7) is 5.59. The van der Waals surface area contributed by atoms with Crippen LogP contribution in [0, 0.1) is 6.92 Å². The molecule has 0 aromatic heterocycles. The van der Waals surface area contributed by atoms with Crippen LogP contribution in [0.3, 0.4) is 0 Å². The molecule has 0 radical (unpaired) electrons. The molecule has 1 aliphatic heterocycles. The second-order valence-electron chi connectivity index (χ2n) is 8.48. The van der Waals surface area contributed by atoms with E-state index < -0.39 is 12.0 Å². The summed E-state index contributed by atoms with van der Waals surface area (Å²) in [6, 6.07) is 19.0. The number of carbonyl (C=O) groups is 3. The van der Waals surface area contributed by atoms with Crippen molar-refractivity contribution in [2.24, 2.45) is 0 Å². The van der Waals surface area contributed by atoms with Gasteiger partial charge >= 0.3 is 12.0 Å². The number of fused-ring (bicyclic) bond motifs is 1. The topological polar surface area (TPSA) is 98.7 Å². The lowest BCUT2D eigenvalue weighted by atomic mass is 9.98. The molecular formula is C27H27N3O4. The van der Waals surface area contributed by atoms with Gasteiger partial charge in [-0.15, -0.1) is 0 Å². The van der Waals surface area contributed by atoms with Gasteiger partial charge in [0, 0.05) is 16.9 Å². The molecule has 1 aliphatic rings. The Bertz CT molecular complexity index is 1250. The Morgan fingerprint density at radius 1 is 0.971 bits per heavy atom. The summed E-state index contributed by atoms with van der Waals surface area (Å²) in [5.74, 6) is -1.25. The van der Waals surface area contributed by atoms with Gasteiger partial charge in [0.1, 0.15) is 6.04 Å².